The molecule has 27 heavy (non-hydrogen) atoms. The molecule has 0 aliphatic heterocycles. The number of methoxy groups -OCH3 is 1. The zero-order valence-electron chi connectivity index (χ0n) is 15.3. The van der Waals surface area contributed by atoms with Crippen LogP contribution in [0.5, 0.6) is 6.01 Å². The molecule has 7 heteroatoms. The molecule has 0 saturated carbocycles. The molecule has 0 spiro atoms. The molecule has 0 saturated heterocycles. The Kier molecular flexibility index (Phi) is 4.65. The fraction of sp³-hybridized carbons (Fsp3) is 0.200. The van der Waals surface area contributed by atoms with Crippen LogP contribution in [0, 0.1) is 0 Å². The Morgan fingerprint density at radius 1 is 1.07 bits per heavy atom. The summed E-state index contributed by atoms with van der Waals surface area (Å²) in [6.07, 6.45) is 6.24. The Morgan fingerprint density at radius 2 is 1.85 bits per heavy atom. The smallest absolute Gasteiger partial charge is 0.316 e. The van der Waals surface area contributed by atoms with Gasteiger partial charge in [-0.05, 0) is 6.42 Å². The number of benzene rings is 1. The van der Waals surface area contributed by atoms with Gasteiger partial charge in [-0.2, -0.15) is 9.61 Å². The number of hydrogen-bond donors (Lipinski definition) is 1. The summed E-state index contributed by atoms with van der Waals surface area (Å²) in [4.78, 5) is 13.1. The molecule has 136 valence electrons. The van der Waals surface area contributed by atoms with E-state index in [-0.39, 0.29) is 0 Å². The van der Waals surface area contributed by atoms with E-state index in [4.69, 9.17) is 9.72 Å². The molecule has 0 aliphatic rings. The molecule has 0 bridgehead atoms. The third-order valence-electron chi connectivity index (χ3n) is 4.33. The number of fused-ring (bicyclic) bond motifs is 1. The molecule has 1 N–H and O–H groups in total. The minimum atomic E-state index is 0.357. The van der Waals surface area contributed by atoms with Crippen molar-refractivity contribution in [3.63, 3.8) is 0 Å². The van der Waals surface area contributed by atoms with E-state index in [1.54, 1.807) is 19.5 Å². The largest absolute Gasteiger partial charge is 0.467 e. The molecule has 1 aromatic carbocycles. The number of nitrogens with one attached hydrogen (secondary N) is 1. The zero-order chi connectivity index (χ0) is 18.6. The first kappa shape index (κ1) is 17.0. The van der Waals surface area contributed by atoms with Gasteiger partial charge in [0.25, 0.3) is 0 Å². The Hall–Kier alpha value is -3.48. The van der Waals surface area contributed by atoms with Crippen LogP contribution in [0.3, 0.4) is 0 Å². The number of rotatable bonds is 6. The molecule has 0 unspecified atom stereocenters. The van der Waals surface area contributed by atoms with Crippen molar-refractivity contribution in [3.8, 4) is 17.3 Å². The van der Waals surface area contributed by atoms with Gasteiger partial charge in [0.1, 0.15) is 5.82 Å². The molecule has 0 radical (unpaired) electrons. The second-order valence-corrected chi connectivity index (χ2v) is 6.08. The molecule has 4 rings (SSSR count). The van der Waals surface area contributed by atoms with Gasteiger partial charge in [-0.25, -0.2) is 15.0 Å². The molecule has 3 heterocycles. The molecular formula is C20H20N6O. The standard InChI is InChI=1S/C20H20N6O/c1-3-15-13-24-26-18(21-10-14-11-22-20(27-2)23-12-14)9-17(25-19(15)26)16-7-5-4-6-8-16/h4-9,11-13,21H,3,10H2,1-2H3. The fourth-order valence-corrected chi connectivity index (χ4v) is 2.87. The normalized spacial score (nSPS) is 10.9. The third kappa shape index (κ3) is 3.44. The number of aromatic nitrogens is 5. The Labute approximate surface area is 157 Å². The van der Waals surface area contributed by atoms with Gasteiger partial charge in [0.2, 0.25) is 0 Å². The number of aryl methyl sites for hydroxylation is 1. The maximum absolute atomic E-state index is 5.00. The Morgan fingerprint density at radius 3 is 2.56 bits per heavy atom. The lowest BCUT2D eigenvalue weighted by Crippen LogP contribution is -2.07. The van der Waals surface area contributed by atoms with Crippen LogP contribution in [0.1, 0.15) is 18.1 Å². The van der Waals surface area contributed by atoms with Crippen molar-refractivity contribution in [2.24, 2.45) is 0 Å². The summed E-state index contributed by atoms with van der Waals surface area (Å²) < 4.78 is 6.85. The summed E-state index contributed by atoms with van der Waals surface area (Å²) in [6.45, 7) is 2.67. The van der Waals surface area contributed by atoms with Gasteiger partial charge in [-0.3, -0.25) is 0 Å². The van der Waals surface area contributed by atoms with E-state index in [9.17, 15) is 0 Å². The summed E-state index contributed by atoms with van der Waals surface area (Å²) in [5.41, 5.74) is 4.91. The number of hydrogen-bond acceptors (Lipinski definition) is 6. The van der Waals surface area contributed by atoms with Crippen molar-refractivity contribution in [1.29, 1.82) is 0 Å². The number of nitrogens with zero attached hydrogens (tertiary/aromatic N) is 5. The minimum absolute atomic E-state index is 0.357. The average Bonchev–Trinajstić information content (AvgIpc) is 3.16. The summed E-state index contributed by atoms with van der Waals surface area (Å²) in [6, 6.07) is 12.5. The van der Waals surface area contributed by atoms with Crippen molar-refractivity contribution >= 4 is 11.5 Å². The highest BCUT2D eigenvalue weighted by atomic mass is 16.5. The van der Waals surface area contributed by atoms with E-state index in [1.165, 1.54) is 0 Å². The van der Waals surface area contributed by atoms with Crippen LogP contribution in [0.2, 0.25) is 0 Å². The summed E-state index contributed by atoms with van der Waals surface area (Å²) >= 11 is 0. The van der Waals surface area contributed by atoms with E-state index in [0.717, 1.165) is 40.3 Å². The summed E-state index contributed by atoms with van der Waals surface area (Å²) in [5, 5.41) is 7.93. The van der Waals surface area contributed by atoms with Gasteiger partial charge < -0.3 is 10.1 Å². The van der Waals surface area contributed by atoms with Gasteiger partial charge in [0.15, 0.2) is 5.65 Å². The van der Waals surface area contributed by atoms with Crippen LogP contribution in [0.4, 0.5) is 5.82 Å². The maximum Gasteiger partial charge on any atom is 0.316 e. The fourth-order valence-electron chi connectivity index (χ4n) is 2.87. The average molecular weight is 360 g/mol. The van der Waals surface area contributed by atoms with Crippen molar-refractivity contribution in [2.45, 2.75) is 19.9 Å². The van der Waals surface area contributed by atoms with Crippen LogP contribution in [0.15, 0.2) is 55.0 Å². The lowest BCUT2D eigenvalue weighted by Gasteiger charge is -2.11. The van der Waals surface area contributed by atoms with Crippen molar-refractivity contribution in [2.75, 3.05) is 12.4 Å². The monoisotopic (exact) mass is 360 g/mol. The first-order valence-corrected chi connectivity index (χ1v) is 8.80. The first-order valence-electron chi connectivity index (χ1n) is 8.80. The van der Waals surface area contributed by atoms with Crippen LogP contribution in [-0.2, 0) is 13.0 Å². The van der Waals surface area contributed by atoms with Crippen LogP contribution < -0.4 is 10.1 Å². The first-order chi connectivity index (χ1) is 13.3. The van der Waals surface area contributed by atoms with Crippen LogP contribution in [-0.4, -0.2) is 31.7 Å². The van der Waals surface area contributed by atoms with Crippen molar-refractivity contribution in [1.82, 2.24) is 24.6 Å². The molecule has 7 nitrogen and oxygen atoms in total. The van der Waals surface area contributed by atoms with Crippen molar-refractivity contribution < 1.29 is 4.74 Å². The maximum atomic E-state index is 5.00. The van der Waals surface area contributed by atoms with E-state index >= 15 is 0 Å². The Balaban J connectivity index is 1.70. The highest BCUT2D eigenvalue weighted by molar-refractivity contribution is 5.67. The van der Waals surface area contributed by atoms with Gasteiger partial charge in [-0.1, -0.05) is 37.3 Å². The molecule has 0 fully saturated rings. The second-order valence-electron chi connectivity index (χ2n) is 6.08. The van der Waals surface area contributed by atoms with Gasteiger partial charge in [0.05, 0.1) is 19.0 Å². The van der Waals surface area contributed by atoms with E-state index < -0.39 is 0 Å². The predicted octanol–water partition coefficient (Wildman–Crippen LogP) is 3.37. The summed E-state index contributed by atoms with van der Waals surface area (Å²) in [7, 11) is 1.55. The minimum Gasteiger partial charge on any atom is -0.467 e. The van der Waals surface area contributed by atoms with Crippen LogP contribution >= 0.6 is 0 Å². The summed E-state index contributed by atoms with van der Waals surface area (Å²) in [5.74, 6) is 0.870. The third-order valence-corrected chi connectivity index (χ3v) is 4.33. The SMILES string of the molecule is CCc1cnn2c(NCc3cnc(OC)nc3)cc(-c3ccccc3)nc12. The molecule has 0 atom stereocenters. The van der Waals surface area contributed by atoms with Gasteiger partial charge >= 0.3 is 6.01 Å². The second kappa shape index (κ2) is 7.41. The molecule has 3 aromatic heterocycles. The number of ether oxygens (including phenoxy) is 1. The molecular weight excluding hydrogens is 340 g/mol. The highest BCUT2D eigenvalue weighted by Crippen LogP contribution is 2.24. The lowest BCUT2D eigenvalue weighted by molar-refractivity contribution is 0.379. The van der Waals surface area contributed by atoms with E-state index in [1.807, 2.05) is 35.0 Å². The van der Waals surface area contributed by atoms with E-state index in [0.29, 0.717) is 12.6 Å². The highest BCUT2D eigenvalue weighted by Gasteiger charge is 2.12. The number of anilines is 1. The molecule has 0 amide bonds. The molecule has 0 aliphatic carbocycles. The van der Waals surface area contributed by atoms with Crippen molar-refractivity contribution in [3.05, 3.63) is 66.1 Å². The Bertz CT molecular complexity index is 1040. The quantitative estimate of drug-likeness (QED) is 0.568. The topological polar surface area (TPSA) is 77.2 Å². The van der Waals surface area contributed by atoms with Gasteiger partial charge in [-0.15, -0.1) is 0 Å². The predicted molar refractivity (Wildman–Crippen MR) is 104 cm³/mol. The lowest BCUT2D eigenvalue weighted by atomic mass is 10.1. The van der Waals surface area contributed by atoms with E-state index in [2.05, 4.69) is 39.4 Å². The zero-order valence-corrected chi connectivity index (χ0v) is 15.3. The van der Waals surface area contributed by atoms with Gasteiger partial charge in [0, 0.05) is 41.7 Å². The van der Waals surface area contributed by atoms with Crippen LogP contribution in [0.25, 0.3) is 16.9 Å². The molecule has 4 aromatic rings.